The number of hydrogen-bond donors (Lipinski definition) is 2. The fraction of sp³-hybridized carbons (Fsp3) is 0.250. The molecule has 0 aliphatic carbocycles. The van der Waals surface area contributed by atoms with Gasteiger partial charge in [-0.3, -0.25) is 0 Å². The number of nitrogen functional groups attached to an aromatic ring is 1. The van der Waals surface area contributed by atoms with Crippen molar-refractivity contribution < 1.29 is 4.74 Å². The van der Waals surface area contributed by atoms with Crippen molar-refractivity contribution in [2.45, 2.75) is 19.9 Å². The lowest BCUT2D eigenvalue weighted by molar-refractivity contribution is 0.410. The van der Waals surface area contributed by atoms with E-state index in [1.54, 1.807) is 7.11 Å². The van der Waals surface area contributed by atoms with E-state index in [-0.39, 0.29) is 0 Å². The van der Waals surface area contributed by atoms with Crippen LogP contribution in [0, 0.1) is 0 Å². The van der Waals surface area contributed by atoms with Crippen molar-refractivity contribution in [3.8, 4) is 5.75 Å². The summed E-state index contributed by atoms with van der Waals surface area (Å²) >= 11 is 0. The molecule has 3 N–H and O–H groups in total. The first-order valence-corrected chi connectivity index (χ1v) is 6.48. The van der Waals surface area contributed by atoms with Crippen molar-refractivity contribution in [2.75, 3.05) is 18.2 Å². The van der Waals surface area contributed by atoms with Crippen LogP contribution in [0.4, 0.5) is 11.4 Å². The highest BCUT2D eigenvalue weighted by Crippen LogP contribution is 2.23. The van der Waals surface area contributed by atoms with Crippen LogP contribution < -0.4 is 15.8 Å². The molecule has 0 aromatic heterocycles. The van der Waals surface area contributed by atoms with Gasteiger partial charge in [-0.25, -0.2) is 0 Å². The summed E-state index contributed by atoms with van der Waals surface area (Å²) in [5, 5.41) is 3.35. The second-order valence-corrected chi connectivity index (χ2v) is 4.44. The van der Waals surface area contributed by atoms with E-state index in [1.165, 1.54) is 5.56 Å². The number of hydrogen-bond acceptors (Lipinski definition) is 3. The maximum absolute atomic E-state index is 5.92. The Morgan fingerprint density at radius 1 is 1.16 bits per heavy atom. The van der Waals surface area contributed by atoms with Gasteiger partial charge in [-0.15, -0.1) is 0 Å². The van der Waals surface area contributed by atoms with Crippen LogP contribution in [-0.2, 0) is 13.0 Å². The van der Waals surface area contributed by atoms with Crippen LogP contribution in [0.2, 0.25) is 0 Å². The Morgan fingerprint density at radius 2 is 1.95 bits per heavy atom. The van der Waals surface area contributed by atoms with Crippen molar-refractivity contribution in [1.82, 2.24) is 0 Å². The summed E-state index contributed by atoms with van der Waals surface area (Å²) in [5.74, 6) is 0.902. The monoisotopic (exact) mass is 256 g/mol. The quantitative estimate of drug-likeness (QED) is 0.805. The first-order valence-electron chi connectivity index (χ1n) is 6.48. The van der Waals surface area contributed by atoms with Gasteiger partial charge < -0.3 is 15.8 Å². The van der Waals surface area contributed by atoms with E-state index in [9.17, 15) is 0 Å². The molecule has 0 saturated carbocycles. The third-order valence-corrected chi connectivity index (χ3v) is 3.18. The molecule has 100 valence electrons. The van der Waals surface area contributed by atoms with Crippen LogP contribution >= 0.6 is 0 Å². The van der Waals surface area contributed by atoms with Crippen LogP contribution in [0.3, 0.4) is 0 Å². The summed E-state index contributed by atoms with van der Waals surface area (Å²) in [7, 11) is 1.70. The Balaban J connectivity index is 2.16. The maximum atomic E-state index is 5.92. The molecule has 19 heavy (non-hydrogen) atoms. The topological polar surface area (TPSA) is 47.3 Å². The molecule has 3 nitrogen and oxygen atoms in total. The molecule has 0 radical (unpaired) electrons. The van der Waals surface area contributed by atoms with Gasteiger partial charge in [0.2, 0.25) is 0 Å². The van der Waals surface area contributed by atoms with E-state index >= 15 is 0 Å². The minimum absolute atomic E-state index is 0.700. The molecule has 2 rings (SSSR count). The molecule has 0 saturated heterocycles. The maximum Gasteiger partial charge on any atom is 0.123 e. The van der Waals surface area contributed by atoms with Gasteiger partial charge in [0.1, 0.15) is 5.75 Å². The van der Waals surface area contributed by atoms with Crippen LogP contribution in [0.15, 0.2) is 42.5 Å². The summed E-state index contributed by atoms with van der Waals surface area (Å²) in [6.07, 6.45) is 1.02. The van der Waals surface area contributed by atoms with Crippen LogP contribution in [0.25, 0.3) is 0 Å². The van der Waals surface area contributed by atoms with Crippen molar-refractivity contribution in [3.05, 3.63) is 53.6 Å². The number of aryl methyl sites for hydroxylation is 1. The predicted octanol–water partition coefficient (Wildman–Crippen LogP) is 3.45. The minimum atomic E-state index is 0.700. The lowest BCUT2D eigenvalue weighted by Crippen LogP contribution is -2.04. The zero-order valence-corrected chi connectivity index (χ0v) is 11.4. The zero-order chi connectivity index (χ0) is 13.7. The average Bonchev–Trinajstić information content (AvgIpc) is 2.46. The van der Waals surface area contributed by atoms with Crippen molar-refractivity contribution in [3.63, 3.8) is 0 Å². The van der Waals surface area contributed by atoms with Crippen molar-refractivity contribution in [2.24, 2.45) is 0 Å². The fourth-order valence-corrected chi connectivity index (χ4v) is 2.04. The Labute approximate surface area is 114 Å². The highest BCUT2D eigenvalue weighted by atomic mass is 16.5. The van der Waals surface area contributed by atoms with E-state index in [2.05, 4.69) is 24.4 Å². The molecule has 3 heteroatoms. The predicted molar refractivity (Wildman–Crippen MR) is 80.6 cm³/mol. The average molecular weight is 256 g/mol. The Bertz CT molecular complexity index is 552. The van der Waals surface area contributed by atoms with Crippen LogP contribution in [0.1, 0.15) is 18.1 Å². The summed E-state index contributed by atoms with van der Waals surface area (Å²) in [4.78, 5) is 0. The summed E-state index contributed by atoms with van der Waals surface area (Å²) in [6.45, 7) is 2.85. The summed E-state index contributed by atoms with van der Waals surface area (Å²) in [5.41, 5.74) is 10.1. The number of nitrogens with one attached hydrogen (secondary N) is 1. The molecule has 0 heterocycles. The number of nitrogens with two attached hydrogens (primary N) is 1. The number of rotatable bonds is 5. The van der Waals surface area contributed by atoms with E-state index in [0.29, 0.717) is 6.54 Å². The molecular formula is C16H20N2O. The number of methoxy groups -OCH3 is 1. The molecule has 0 spiro atoms. The number of anilines is 2. The van der Waals surface area contributed by atoms with Crippen molar-refractivity contribution in [1.29, 1.82) is 0 Å². The van der Waals surface area contributed by atoms with Gasteiger partial charge in [0, 0.05) is 12.1 Å². The summed E-state index contributed by atoms with van der Waals surface area (Å²) in [6, 6.07) is 14.1. The fourth-order valence-electron chi connectivity index (χ4n) is 2.04. The number of para-hydroxylation sites is 2. The molecule has 0 amide bonds. The zero-order valence-electron chi connectivity index (χ0n) is 11.4. The number of ether oxygens (including phenoxy) is 1. The molecule has 2 aromatic rings. The molecule has 0 bridgehead atoms. The van der Waals surface area contributed by atoms with Crippen LogP contribution in [-0.4, -0.2) is 7.11 Å². The van der Waals surface area contributed by atoms with Gasteiger partial charge in [-0.1, -0.05) is 31.2 Å². The smallest absolute Gasteiger partial charge is 0.123 e. The Hall–Kier alpha value is -2.16. The molecule has 2 aromatic carbocycles. The van der Waals surface area contributed by atoms with Gasteiger partial charge in [-0.2, -0.15) is 0 Å². The van der Waals surface area contributed by atoms with Gasteiger partial charge >= 0.3 is 0 Å². The molecule has 0 unspecified atom stereocenters. The van der Waals surface area contributed by atoms with Gasteiger partial charge in [0.15, 0.2) is 0 Å². The second-order valence-electron chi connectivity index (χ2n) is 4.44. The van der Waals surface area contributed by atoms with Gasteiger partial charge in [-0.05, 0) is 30.2 Å². The highest BCUT2D eigenvalue weighted by Gasteiger charge is 2.05. The lowest BCUT2D eigenvalue weighted by Gasteiger charge is -2.13. The largest absolute Gasteiger partial charge is 0.496 e. The first-order chi connectivity index (χ1) is 9.24. The minimum Gasteiger partial charge on any atom is -0.496 e. The Morgan fingerprint density at radius 3 is 2.63 bits per heavy atom. The van der Waals surface area contributed by atoms with E-state index in [4.69, 9.17) is 10.5 Å². The summed E-state index contributed by atoms with van der Waals surface area (Å²) < 4.78 is 5.39. The van der Waals surface area contributed by atoms with E-state index in [0.717, 1.165) is 29.1 Å². The third-order valence-electron chi connectivity index (χ3n) is 3.18. The Kier molecular flexibility index (Phi) is 4.29. The van der Waals surface area contributed by atoms with Gasteiger partial charge in [0.05, 0.1) is 18.5 Å². The van der Waals surface area contributed by atoms with E-state index in [1.807, 2.05) is 30.3 Å². The molecular weight excluding hydrogens is 236 g/mol. The van der Waals surface area contributed by atoms with Gasteiger partial charge in [0.25, 0.3) is 0 Å². The normalized spacial score (nSPS) is 10.2. The molecule has 0 aliphatic rings. The van der Waals surface area contributed by atoms with Crippen LogP contribution in [0.5, 0.6) is 5.75 Å². The molecule has 0 fully saturated rings. The lowest BCUT2D eigenvalue weighted by atomic mass is 10.1. The molecule has 0 atom stereocenters. The molecule has 0 aliphatic heterocycles. The van der Waals surface area contributed by atoms with Crippen molar-refractivity contribution >= 4 is 11.4 Å². The number of benzene rings is 2. The first kappa shape index (κ1) is 13.3. The van der Waals surface area contributed by atoms with E-state index < -0.39 is 0 Å². The standard InChI is InChI=1S/C16H20N2O/c1-3-12-8-9-16(19-2)13(10-12)11-18-15-7-5-4-6-14(15)17/h4-10,18H,3,11,17H2,1-2H3. The second kappa shape index (κ2) is 6.14. The third kappa shape index (κ3) is 3.19. The SMILES string of the molecule is CCc1ccc(OC)c(CNc2ccccc2N)c1. The highest BCUT2D eigenvalue weighted by molar-refractivity contribution is 5.65.